The molecule has 2 aromatic rings. The average Bonchev–Trinajstić information content (AvgIpc) is 3.05. The highest BCUT2D eigenvalue weighted by atomic mass is 79.9. The number of urea groups is 1. The maximum Gasteiger partial charge on any atom is 0.344 e. The molecule has 4 amide bonds. The number of aryl methyl sites for hydroxylation is 1. The van der Waals surface area contributed by atoms with Crippen LogP contribution in [-0.4, -0.2) is 55.6 Å². The van der Waals surface area contributed by atoms with E-state index in [1.54, 1.807) is 37.3 Å². The van der Waals surface area contributed by atoms with Crippen LogP contribution in [-0.2, 0) is 19.1 Å². The minimum atomic E-state index is -0.707. The predicted molar refractivity (Wildman–Crippen MR) is 131 cm³/mol. The number of carbonyl (C=O) groups excluding carboxylic acids is 4. The SMILES string of the molecule is CCOC(=O)COc1c(Br)cc(/C=C2/NC(=O)N(CC(=O)Nc3cccc(C)c3)C2=O)cc1OC. The number of hydrogen-bond donors (Lipinski definition) is 2. The summed E-state index contributed by atoms with van der Waals surface area (Å²) in [4.78, 5) is 49.9. The van der Waals surface area contributed by atoms with E-state index in [9.17, 15) is 19.2 Å². The first kappa shape index (κ1) is 25.8. The number of imide groups is 1. The van der Waals surface area contributed by atoms with Crippen molar-refractivity contribution in [2.75, 3.05) is 32.2 Å². The number of methoxy groups -OCH3 is 1. The highest BCUT2D eigenvalue weighted by Crippen LogP contribution is 2.37. The summed E-state index contributed by atoms with van der Waals surface area (Å²) in [5, 5.41) is 5.15. The van der Waals surface area contributed by atoms with Gasteiger partial charge in [-0.25, -0.2) is 14.5 Å². The number of nitrogens with one attached hydrogen (secondary N) is 2. The molecule has 0 aliphatic carbocycles. The summed E-state index contributed by atoms with van der Waals surface area (Å²) < 4.78 is 16.1. The van der Waals surface area contributed by atoms with Crippen molar-refractivity contribution in [3.63, 3.8) is 0 Å². The minimum Gasteiger partial charge on any atom is -0.493 e. The lowest BCUT2D eigenvalue weighted by Crippen LogP contribution is -2.38. The van der Waals surface area contributed by atoms with Crippen LogP contribution in [0.1, 0.15) is 18.1 Å². The molecule has 35 heavy (non-hydrogen) atoms. The van der Waals surface area contributed by atoms with Crippen molar-refractivity contribution in [3.8, 4) is 11.5 Å². The summed E-state index contributed by atoms with van der Waals surface area (Å²) >= 11 is 3.36. The van der Waals surface area contributed by atoms with Crippen molar-refractivity contribution < 1.29 is 33.4 Å². The van der Waals surface area contributed by atoms with Crippen molar-refractivity contribution in [2.45, 2.75) is 13.8 Å². The van der Waals surface area contributed by atoms with Crippen LogP contribution in [0.25, 0.3) is 6.08 Å². The van der Waals surface area contributed by atoms with Gasteiger partial charge in [0.05, 0.1) is 18.2 Å². The highest BCUT2D eigenvalue weighted by molar-refractivity contribution is 9.10. The fraction of sp³-hybridized carbons (Fsp3) is 0.250. The molecule has 0 bridgehead atoms. The van der Waals surface area contributed by atoms with Crippen molar-refractivity contribution in [1.29, 1.82) is 0 Å². The van der Waals surface area contributed by atoms with Gasteiger partial charge in [0.15, 0.2) is 18.1 Å². The summed E-state index contributed by atoms with van der Waals surface area (Å²) in [5.41, 5.74) is 2.03. The first-order chi connectivity index (χ1) is 16.7. The van der Waals surface area contributed by atoms with E-state index in [0.717, 1.165) is 10.5 Å². The first-order valence-corrected chi connectivity index (χ1v) is 11.4. The van der Waals surface area contributed by atoms with Crippen LogP contribution in [0.4, 0.5) is 10.5 Å². The second-order valence-electron chi connectivity index (χ2n) is 7.42. The number of ether oxygens (including phenoxy) is 3. The van der Waals surface area contributed by atoms with Gasteiger partial charge < -0.3 is 24.8 Å². The highest BCUT2D eigenvalue weighted by Gasteiger charge is 2.35. The molecule has 11 heteroatoms. The average molecular weight is 546 g/mol. The zero-order chi connectivity index (χ0) is 25.5. The Labute approximate surface area is 210 Å². The van der Waals surface area contributed by atoms with Gasteiger partial charge in [0.2, 0.25) is 5.91 Å². The van der Waals surface area contributed by atoms with E-state index in [-0.39, 0.29) is 24.7 Å². The summed E-state index contributed by atoms with van der Waals surface area (Å²) in [6.07, 6.45) is 1.45. The second kappa shape index (κ2) is 11.5. The number of rotatable bonds is 9. The van der Waals surface area contributed by atoms with Crippen molar-refractivity contribution >= 4 is 51.5 Å². The van der Waals surface area contributed by atoms with E-state index in [2.05, 4.69) is 26.6 Å². The largest absolute Gasteiger partial charge is 0.493 e. The normalized spacial score (nSPS) is 14.1. The molecule has 0 unspecified atom stereocenters. The van der Waals surface area contributed by atoms with Gasteiger partial charge in [-0.2, -0.15) is 0 Å². The number of halogens is 1. The van der Waals surface area contributed by atoms with Gasteiger partial charge in [-0.15, -0.1) is 0 Å². The third-order valence-corrected chi connectivity index (χ3v) is 5.36. The Bertz CT molecular complexity index is 1200. The van der Waals surface area contributed by atoms with E-state index < -0.39 is 30.4 Å². The van der Waals surface area contributed by atoms with Crippen molar-refractivity contribution in [1.82, 2.24) is 10.2 Å². The van der Waals surface area contributed by atoms with E-state index >= 15 is 0 Å². The molecule has 184 valence electrons. The second-order valence-corrected chi connectivity index (χ2v) is 8.28. The molecule has 10 nitrogen and oxygen atoms in total. The Kier molecular flexibility index (Phi) is 8.48. The summed E-state index contributed by atoms with van der Waals surface area (Å²) in [5.74, 6) is -1.11. The number of amides is 4. The smallest absolute Gasteiger partial charge is 0.344 e. The van der Waals surface area contributed by atoms with E-state index in [0.29, 0.717) is 21.5 Å². The molecule has 0 saturated carbocycles. The maximum absolute atomic E-state index is 12.8. The topological polar surface area (TPSA) is 123 Å². The van der Waals surface area contributed by atoms with Gasteiger partial charge in [-0.3, -0.25) is 9.59 Å². The quantitative estimate of drug-likeness (QED) is 0.281. The fourth-order valence-electron chi connectivity index (χ4n) is 3.25. The molecule has 2 N–H and O–H groups in total. The molecule has 1 fully saturated rings. The van der Waals surface area contributed by atoms with Crippen LogP contribution in [0.5, 0.6) is 11.5 Å². The van der Waals surface area contributed by atoms with E-state index in [4.69, 9.17) is 14.2 Å². The Morgan fingerprint density at radius 2 is 1.97 bits per heavy atom. The lowest BCUT2D eigenvalue weighted by atomic mass is 10.1. The molecule has 0 aromatic heterocycles. The molecule has 0 spiro atoms. The van der Waals surface area contributed by atoms with Gasteiger partial charge in [0, 0.05) is 5.69 Å². The van der Waals surface area contributed by atoms with Crippen LogP contribution < -0.4 is 20.1 Å². The Hall–Kier alpha value is -3.86. The van der Waals surface area contributed by atoms with E-state index in [1.165, 1.54) is 13.2 Å². The van der Waals surface area contributed by atoms with Crippen LogP contribution in [0.2, 0.25) is 0 Å². The summed E-state index contributed by atoms with van der Waals surface area (Å²) in [7, 11) is 1.42. The molecule has 2 aromatic carbocycles. The first-order valence-electron chi connectivity index (χ1n) is 10.6. The monoisotopic (exact) mass is 545 g/mol. The predicted octanol–water partition coefficient (Wildman–Crippen LogP) is 3.24. The number of anilines is 1. The molecular formula is C24H24BrN3O7. The Balaban J connectivity index is 1.73. The zero-order valence-electron chi connectivity index (χ0n) is 19.3. The number of hydrogen-bond acceptors (Lipinski definition) is 7. The Morgan fingerprint density at radius 3 is 2.66 bits per heavy atom. The number of carbonyl (C=O) groups is 4. The number of esters is 1. The molecular weight excluding hydrogens is 522 g/mol. The van der Waals surface area contributed by atoms with Gasteiger partial charge in [-0.1, -0.05) is 12.1 Å². The molecule has 1 heterocycles. The number of benzene rings is 2. The molecule has 0 atom stereocenters. The van der Waals surface area contributed by atoms with Crippen molar-refractivity contribution in [2.24, 2.45) is 0 Å². The molecule has 1 aliphatic heterocycles. The lowest BCUT2D eigenvalue weighted by molar-refractivity contribution is -0.145. The number of nitrogens with zero attached hydrogens (tertiary/aromatic N) is 1. The third-order valence-electron chi connectivity index (χ3n) is 4.77. The van der Waals surface area contributed by atoms with Crippen LogP contribution in [0.3, 0.4) is 0 Å². The standard InChI is InChI=1S/C24H24BrN3O7/c1-4-34-21(30)13-35-22-17(25)9-15(11-19(22)33-3)10-18-23(31)28(24(32)27-18)12-20(29)26-16-7-5-6-14(2)8-16/h5-11H,4,12-13H2,1-3H3,(H,26,29)(H,27,32)/b18-10+. The van der Waals surface area contributed by atoms with Gasteiger partial charge in [-0.05, 0) is 71.2 Å². The zero-order valence-corrected chi connectivity index (χ0v) is 20.9. The van der Waals surface area contributed by atoms with Crippen LogP contribution in [0.15, 0.2) is 46.6 Å². The van der Waals surface area contributed by atoms with Crippen LogP contribution in [0, 0.1) is 6.92 Å². The summed E-state index contributed by atoms with van der Waals surface area (Å²) in [6, 6.07) is 9.66. The minimum absolute atomic E-state index is 0.00694. The van der Waals surface area contributed by atoms with E-state index in [1.807, 2.05) is 13.0 Å². The fourth-order valence-corrected chi connectivity index (χ4v) is 3.82. The molecule has 1 aliphatic rings. The van der Waals surface area contributed by atoms with Crippen LogP contribution >= 0.6 is 15.9 Å². The lowest BCUT2D eigenvalue weighted by Gasteiger charge is -2.13. The molecule has 0 radical (unpaired) electrons. The summed E-state index contributed by atoms with van der Waals surface area (Å²) in [6.45, 7) is 3.06. The van der Waals surface area contributed by atoms with Gasteiger partial charge >= 0.3 is 12.0 Å². The Morgan fingerprint density at radius 1 is 1.20 bits per heavy atom. The third kappa shape index (κ3) is 6.60. The molecule has 1 saturated heterocycles. The maximum atomic E-state index is 12.8. The molecule has 3 rings (SSSR count). The van der Waals surface area contributed by atoms with Gasteiger partial charge in [0.25, 0.3) is 5.91 Å². The van der Waals surface area contributed by atoms with Gasteiger partial charge in [0.1, 0.15) is 12.2 Å². The van der Waals surface area contributed by atoms with Crippen molar-refractivity contribution in [3.05, 3.63) is 57.7 Å².